The first-order valence-electron chi connectivity index (χ1n) is 6.04. The van der Waals surface area contributed by atoms with Crippen molar-refractivity contribution in [3.63, 3.8) is 0 Å². The second kappa shape index (κ2) is 4.23. The minimum Gasteiger partial charge on any atom is -0.464 e. The molecule has 19 heavy (non-hydrogen) atoms. The number of fused-ring (bicyclic) bond motifs is 2. The predicted octanol–water partition coefficient (Wildman–Crippen LogP) is 4.36. The van der Waals surface area contributed by atoms with Gasteiger partial charge in [0.1, 0.15) is 11.2 Å². The van der Waals surface area contributed by atoms with Gasteiger partial charge < -0.3 is 8.83 Å². The van der Waals surface area contributed by atoms with Crippen molar-refractivity contribution >= 4 is 37.9 Å². The average Bonchev–Trinajstić information content (AvgIpc) is 2.74. The van der Waals surface area contributed by atoms with E-state index in [-0.39, 0.29) is 5.63 Å². The summed E-state index contributed by atoms with van der Waals surface area (Å²) in [6, 6.07) is 1.54. The Morgan fingerprint density at radius 1 is 1.11 bits per heavy atom. The summed E-state index contributed by atoms with van der Waals surface area (Å²) in [4.78, 5) is 11.6. The number of aryl methyl sites for hydroxylation is 3. The molecule has 0 aliphatic carbocycles. The van der Waals surface area contributed by atoms with Crippen LogP contribution in [0.1, 0.15) is 22.3 Å². The SMILES string of the molecule is Cc1c2occ(C)c2c(CBr)c2c(C)cc(=O)oc12. The van der Waals surface area contributed by atoms with E-state index in [1.807, 2.05) is 20.8 Å². The van der Waals surface area contributed by atoms with Crippen LogP contribution in [-0.2, 0) is 5.33 Å². The average molecular weight is 321 g/mol. The zero-order chi connectivity index (χ0) is 13.7. The number of benzene rings is 1. The monoisotopic (exact) mass is 320 g/mol. The Labute approximate surface area is 118 Å². The highest BCUT2D eigenvalue weighted by atomic mass is 79.9. The fraction of sp³-hybridized carbons (Fsp3) is 0.267. The molecule has 0 spiro atoms. The standard InChI is InChI=1S/C15H13BrO3/c1-7-4-11(17)19-15-9(3)14-13(8(2)6-18-14)10(5-16)12(7)15/h4,6H,5H2,1-3H3. The van der Waals surface area contributed by atoms with Gasteiger partial charge >= 0.3 is 5.63 Å². The lowest BCUT2D eigenvalue weighted by Crippen LogP contribution is -2.01. The lowest BCUT2D eigenvalue weighted by Gasteiger charge is -2.10. The maximum Gasteiger partial charge on any atom is 0.336 e. The van der Waals surface area contributed by atoms with E-state index >= 15 is 0 Å². The third-order valence-electron chi connectivity index (χ3n) is 3.55. The zero-order valence-electron chi connectivity index (χ0n) is 11.0. The Balaban J connectivity index is 2.72. The second-order valence-electron chi connectivity index (χ2n) is 4.81. The number of furan rings is 1. The largest absolute Gasteiger partial charge is 0.464 e. The van der Waals surface area contributed by atoms with Crippen molar-refractivity contribution in [3.05, 3.63) is 45.0 Å². The van der Waals surface area contributed by atoms with Crippen molar-refractivity contribution in [2.75, 3.05) is 0 Å². The molecule has 0 saturated carbocycles. The molecule has 0 N–H and O–H groups in total. The Bertz CT molecular complexity index is 855. The molecule has 2 aromatic heterocycles. The summed E-state index contributed by atoms with van der Waals surface area (Å²) in [6.07, 6.45) is 1.75. The molecule has 0 amide bonds. The highest BCUT2D eigenvalue weighted by Crippen LogP contribution is 2.37. The van der Waals surface area contributed by atoms with E-state index in [0.29, 0.717) is 10.9 Å². The molecule has 3 nitrogen and oxygen atoms in total. The van der Waals surface area contributed by atoms with E-state index in [9.17, 15) is 4.79 Å². The summed E-state index contributed by atoms with van der Waals surface area (Å²) < 4.78 is 11.0. The van der Waals surface area contributed by atoms with E-state index in [0.717, 1.165) is 38.6 Å². The molecule has 0 radical (unpaired) electrons. The van der Waals surface area contributed by atoms with E-state index in [1.54, 1.807) is 6.26 Å². The van der Waals surface area contributed by atoms with Gasteiger partial charge in [0.05, 0.1) is 6.26 Å². The van der Waals surface area contributed by atoms with Crippen LogP contribution in [0.25, 0.3) is 21.9 Å². The van der Waals surface area contributed by atoms with E-state index in [4.69, 9.17) is 8.83 Å². The molecule has 0 saturated heterocycles. The molecule has 0 unspecified atom stereocenters. The molecule has 3 aromatic rings. The number of hydrogen-bond acceptors (Lipinski definition) is 3. The van der Waals surface area contributed by atoms with Crippen LogP contribution >= 0.6 is 15.9 Å². The van der Waals surface area contributed by atoms with Gasteiger partial charge in [-0.05, 0) is 37.5 Å². The van der Waals surface area contributed by atoms with E-state index in [2.05, 4.69) is 15.9 Å². The molecule has 0 fully saturated rings. The van der Waals surface area contributed by atoms with Crippen LogP contribution in [0.2, 0.25) is 0 Å². The predicted molar refractivity (Wildman–Crippen MR) is 79.1 cm³/mol. The molecule has 4 heteroatoms. The van der Waals surface area contributed by atoms with Crippen molar-refractivity contribution in [1.82, 2.24) is 0 Å². The third kappa shape index (κ3) is 1.66. The van der Waals surface area contributed by atoms with Gasteiger partial charge in [-0.15, -0.1) is 0 Å². The summed E-state index contributed by atoms with van der Waals surface area (Å²) >= 11 is 3.53. The molecule has 0 atom stereocenters. The van der Waals surface area contributed by atoms with Crippen molar-refractivity contribution in [1.29, 1.82) is 0 Å². The second-order valence-corrected chi connectivity index (χ2v) is 5.37. The fourth-order valence-electron chi connectivity index (χ4n) is 2.71. The number of halogens is 1. The first-order chi connectivity index (χ1) is 9.04. The molecule has 0 aliphatic rings. The quantitative estimate of drug-likeness (QED) is 0.494. The first kappa shape index (κ1) is 12.5. The van der Waals surface area contributed by atoms with E-state index < -0.39 is 0 Å². The highest BCUT2D eigenvalue weighted by molar-refractivity contribution is 9.08. The van der Waals surface area contributed by atoms with Gasteiger partial charge in [-0.25, -0.2) is 4.79 Å². The fourth-order valence-corrected chi connectivity index (χ4v) is 3.27. The topological polar surface area (TPSA) is 43.4 Å². The lowest BCUT2D eigenvalue weighted by molar-refractivity contribution is 0.555. The number of alkyl halides is 1. The van der Waals surface area contributed by atoms with Crippen molar-refractivity contribution in [2.45, 2.75) is 26.1 Å². The molecule has 2 heterocycles. The Morgan fingerprint density at radius 2 is 1.79 bits per heavy atom. The van der Waals surface area contributed by atoms with Crippen LogP contribution in [0, 0.1) is 20.8 Å². The van der Waals surface area contributed by atoms with Gasteiger partial charge in [-0.2, -0.15) is 0 Å². The molecular formula is C15H13BrO3. The smallest absolute Gasteiger partial charge is 0.336 e. The van der Waals surface area contributed by atoms with Crippen molar-refractivity contribution in [2.24, 2.45) is 0 Å². The molecule has 3 rings (SSSR count). The van der Waals surface area contributed by atoms with Gasteiger partial charge in [0.2, 0.25) is 0 Å². The van der Waals surface area contributed by atoms with Crippen molar-refractivity contribution in [3.8, 4) is 0 Å². The van der Waals surface area contributed by atoms with Crippen LogP contribution in [-0.4, -0.2) is 0 Å². The number of hydrogen-bond donors (Lipinski definition) is 0. The molecule has 98 valence electrons. The minimum atomic E-state index is -0.323. The van der Waals surface area contributed by atoms with Crippen LogP contribution in [0.5, 0.6) is 0 Å². The molecule has 0 bridgehead atoms. The Hall–Kier alpha value is -1.55. The number of rotatable bonds is 1. The Morgan fingerprint density at radius 3 is 2.47 bits per heavy atom. The third-order valence-corrected chi connectivity index (χ3v) is 4.11. The minimum absolute atomic E-state index is 0.323. The normalized spacial score (nSPS) is 11.6. The lowest BCUT2D eigenvalue weighted by atomic mass is 9.97. The molecule has 0 aliphatic heterocycles. The Kier molecular flexibility index (Phi) is 2.78. The summed E-state index contributed by atoms with van der Waals surface area (Å²) in [6.45, 7) is 5.89. The maximum atomic E-state index is 11.6. The molecule has 1 aromatic carbocycles. The van der Waals surface area contributed by atoms with Crippen LogP contribution < -0.4 is 5.63 Å². The summed E-state index contributed by atoms with van der Waals surface area (Å²) in [5, 5.41) is 2.81. The van der Waals surface area contributed by atoms with Crippen LogP contribution in [0.15, 0.2) is 26.0 Å². The van der Waals surface area contributed by atoms with Crippen LogP contribution in [0.4, 0.5) is 0 Å². The highest BCUT2D eigenvalue weighted by Gasteiger charge is 2.19. The van der Waals surface area contributed by atoms with Crippen molar-refractivity contribution < 1.29 is 8.83 Å². The summed E-state index contributed by atoms with van der Waals surface area (Å²) in [5.41, 5.74) is 5.13. The first-order valence-corrected chi connectivity index (χ1v) is 7.16. The summed E-state index contributed by atoms with van der Waals surface area (Å²) in [5.74, 6) is 0. The van der Waals surface area contributed by atoms with Gasteiger partial charge in [0.25, 0.3) is 0 Å². The molecular weight excluding hydrogens is 308 g/mol. The zero-order valence-corrected chi connectivity index (χ0v) is 12.6. The van der Waals surface area contributed by atoms with Gasteiger partial charge in [0.15, 0.2) is 0 Å². The van der Waals surface area contributed by atoms with Crippen LogP contribution in [0.3, 0.4) is 0 Å². The van der Waals surface area contributed by atoms with Gasteiger partial charge in [-0.1, -0.05) is 15.9 Å². The van der Waals surface area contributed by atoms with E-state index in [1.165, 1.54) is 6.07 Å². The van der Waals surface area contributed by atoms with Gasteiger partial charge in [0, 0.05) is 27.7 Å². The maximum absolute atomic E-state index is 11.6. The van der Waals surface area contributed by atoms with Gasteiger partial charge in [-0.3, -0.25) is 0 Å². The summed E-state index contributed by atoms with van der Waals surface area (Å²) in [7, 11) is 0.